The Hall–Kier alpha value is -2.86. The minimum absolute atomic E-state index is 0.507. The van der Waals surface area contributed by atoms with Gasteiger partial charge in [0.2, 0.25) is 11.8 Å². The van der Waals surface area contributed by atoms with Crippen LogP contribution in [0.1, 0.15) is 11.5 Å². The molecule has 4 rings (SSSR count). The summed E-state index contributed by atoms with van der Waals surface area (Å²) in [4.78, 5) is 4.79. The van der Waals surface area contributed by atoms with Crippen molar-refractivity contribution in [2.45, 2.75) is 13.5 Å². The Morgan fingerprint density at radius 2 is 1.70 bits per heavy atom. The zero-order valence-corrected chi connectivity index (χ0v) is 15.9. The lowest BCUT2D eigenvalue weighted by molar-refractivity contribution is 0.313. The van der Waals surface area contributed by atoms with Gasteiger partial charge in [-0.05, 0) is 49.9 Å². The number of nitrogens with one attached hydrogen (secondary N) is 1. The Morgan fingerprint density at radius 3 is 2.44 bits per heavy atom. The maximum atomic E-state index is 5.80. The van der Waals surface area contributed by atoms with Crippen LogP contribution >= 0.6 is 0 Å². The molecule has 0 radical (unpaired) electrons. The zero-order valence-electron chi connectivity index (χ0n) is 15.9. The van der Waals surface area contributed by atoms with E-state index in [2.05, 4.69) is 56.6 Å². The van der Waals surface area contributed by atoms with E-state index < -0.39 is 0 Å². The fourth-order valence-corrected chi connectivity index (χ4v) is 3.28. The van der Waals surface area contributed by atoms with Crippen molar-refractivity contribution in [3.63, 3.8) is 0 Å². The molecule has 1 fully saturated rings. The highest BCUT2D eigenvalue weighted by molar-refractivity contribution is 5.58. The molecule has 27 heavy (non-hydrogen) atoms. The van der Waals surface area contributed by atoms with Crippen LogP contribution in [0.3, 0.4) is 0 Å². The lowest BCUT2D eigenvalue weighted by Crippen LogP contribution is -2.44. The van der Waals surface area contributed by atoms with Gasteiger partial charge in [0.1, 0.15) is 0 Å². The Kier molecular flexibility index (Phi) is 5.07. The number of aromatic nitrogens is 2. The number of nitrogens with zero attached hydrogens (tertiary/aromatic N) is 4. The molecule has 6 nitrogen and oxygen atoms in total. The first-order valence-electron chi connectivity index (χ1n) is 9.35. The molecule has 1 saturated heterocycles. The normalized spacial score (nSPS) is 15.1. The minimum atomic E-state index is 0.507. The molecular weight excluding hydrogens is 338 g/mol. The summed E-state index contributed by atoms with van der Waals surface area (Å²) in [6.45, 7) is 6.92. The second-order valence-corrected chi connectivity index (χ2v) is 7.01. The van der Waals surface area contributed by atoms with Gasteiger partial charge in [0.15, 0.2) is 0 Å². The number of benzene rings is 2. The second-order valence-electron chi connectivity index (χ2n) is 7.01. The maximum absolute atomic E-state index is 5.80. The van der Waals surface area contributed by atoms with Crippen LogP contribution in [0.4, 0.5) is 11.4 Å². The van der Waals surface area contributed by atoms with E-state index in [9.17, 15) is 0 Å². The summed E-state index contributed by atoms with van der Waals surface area (Å²) in [6, 6.07) is 16.6. The number of aryl methyl sites for hydroxylation is 1. The summed E-state index contributed by atoms with van der Waals surface area (Å²) >= 11 is 0. The molecule has 0 aliphatic carbocycles. The molecule has 140 valence electrons. The van der Waals surface area contributed by atoms with E-state index in [0.29, 0.717) is 18.3 Å². The van der Waals surface area contributed by atoms with E-state index in [4.69, 9.17) is 4.42 Å². The van der Waals surface area contributed by atoms with E-state index in [1.165, 1.54) is 5.69 Å². The molecule has 0 atom stereocenters. The van der Waals surface area contributed by atoms with Gasteiger partial charge in [0, 0.05) is 43.1 Å². The smallest absolute Gasteiger partial charge is 0.248 e. The Labute approximate surface area is 159 Å². The molecule has 6 heteroatoms. The van der Waals surface area contributed by atoms with Crippen LogP contribution in [-0.4, -0.2) is 48.3 Å². The Morgan fingerprint density at radius 1 is 0.963 bits per heavy atom. The average Bonchev–Trinajstić information content (AvgIpc) is 3.17. The number of anilines is 2. The number of rotatable bonds is 5. The predicted molar refractivity (Wildman–Crippen MR) is 108 cm³/mol. The monoisotopic (exact) mass is 363 g/mol. The molecule has 0 amide bonds. The van der Waals surface area contributed by atoms with Crippen LogP contribution in [-0.2, 0) is 6.54 Å². The van der Waals surface area contributed by atoms with Crippen LogP contribution in [0, 0.1) is 6.92 Å². The molecule has 2 heterocycles. The molecular formula is C21H25N5O. The van der Waals surface area contributed by atoms with E-state index in [1.54, 1.807) is 0 Å². The van der Waals surface area contributed by atoms with Crippen molar-refractivity contribution in [3.8, 4) is 11.5 Å². The van der Waals surface area contributed by atoms with Crippen LogP contribution in [0.25, 0.3) is 11.5 Å². The van der Waals surface area contributed by atoms with Gasteiger partial charge in [0.05, 0.1) is 6.54 Å². The van der Waals surface area contributed by atoms with Crippen molar-refractivity contribution in [3.05, 3.63) is 60.0 Å². The second kappa shape index (κ2) is 7.80. The average molecular weight is 363 g/mol. The SMILES string of the molecule is Cc1ccccc1-c1nnc(CNc2ccc(N3CCN(C)CC3)cc2)o1. The first-order valence-corrected chi connectivity index (χ1v) is 9.35. The first-order chi connectivity index (χ1) is 13.2. The number of likely N-dealkylation sites (N-methyl/N-ethyl adjacent to an activating group) is 1. The topological polar surface area (TPSA) is 57.4 Å². The molecule has 0 unspecified atom stereocenters. The van der Waals surface area contributed by atoms with Crippen LogP contribution in [0.2, 0.25) is 0 Å². The molecule has 0 saturated carbocycles. The summed E-state index contributed by atoms with van der Waals surface area (Å²) in [5.41, 5.74) is 4.42. The quantitative estimate of drug-likeness (QED) is 0.750. The number of piperazine rings is 1. The molecule has 1 N–H and O–H groups in total. The maximum Gasteiger partial charge on any atom is 0.248 e. The summed E-state index contributed by atoms with van der Waals surface area (Å²) in [7, 11) is 2.17. The summed E-state index contributed by atoms with van der Waals surface area (Å²) in [5, 5.41) is 11.7. The van der Waals surface area contributed by atoms with Crippen molar-refractivity contribution >= 4 is 11.4 Å². The van der Waals surface area contributed by atoms with E-state index in [-0.39, 0.29) is 0 Å². The number of hydrogen-bond acceptors (Lipinski definition) is 6. The van der Waals surface area contributed by atoms with Gasteiger partial charge in [-0.2, -0.15) is 0 Å². The van der Waals surface area contributed by atoms with Gasteiger partial charge in [-0.25, -0.2) is 0 Å². The molecule has 1 aliphatic rings. The molecule has 1 aliphatic heterocycles. The van der Waals surface area contributed by atoms with Gasteiger partial charge in [0.25, 0.3) is 0 Å². The summed E-state index contributed by atoms with van der Waals surface area (Å²) < 4.78 is 5.80. The fraction of sp³-hybridized carbons (Fsp3) is 0.333. The molecule has 0 spiro atoms. The van der Waals surface area contributed by atoms with Gasteiger partial charge < -0.3 is 19.5 Å². The van der Waals surface area contributed by atoms with E-state index in [1.807, 2.05) is 31.2 Å². The molecule has 0 bridgehead atoms. The van der Waals surface area contributed by atoms with Crippen molar-refractivity contribution in [1.29, 1.82) is 0 Å². The lowest BCUT2D eigenvalue weighted by Gasteiger charge is -2.34. The van der Waals surface area contributed by atoms with Crippen molar-refractivity contribution in [2.24, 2.45) is 0 Å². The van der Waals surface area contributed by atoms with E-state index in [0.717, 1.165) is 43.0 Å². The van der Waals surface area contributed by atoms with Gasteiger partial charge in [-0.1, -0.05) is 18.2 Å². The van der Waals surface area contributed by atoms with E-state index >= 15 is 0 Å². The third-order valence-corrected chi connectivity index (χ3v) is 5.02. The van der Waals surface area contributed by atoms with Gasteiger partial charge in [-0.3, -0.25) is 0 Å². The Balaban J connectivity index is 1.36. The Bertz CT molecular complexity index is 882. The summed E-state index contributed by atoms with van der Waals surface area (Å²) in [6.07, 6.45) is 0. The number of hydrogen-bond donors (Lipinski definition) is 1. The predicted octanol–water partition coefficient (Wildman–Crippen LogP) is 3.41. The van der Waals surface area contributed by atoms with Crippen molar-refractivity contribution in [1.82, 2.24) is 15.1 Å². The lowest BCUT2D eigenvalue weighted by atomic mass is 10.1. The highest BCUT2D eigenvalue weighted by Gasteiger charge is 2.14. The third-order valence-electron chi connectivity index (χ3n) is 5.02. The zero-order chi connectivity index (χ0) is 18.6. The highest BCUT2D eigenvalue weighted by atomic mass is 16.4. The molecule has 1 aromatic heterocycles. The van der Waals surface area contributed by atoms with Crippen LogP contribution < -0.4 is 10.2 Å². The summed E-state index contributed by atoms with van der Waals surface area (Å²) in [5.74, 6) is 1.15. The van der Waals surface area contributed by atoms with Crippen LogP contribution in [0.15, 0.2) is 52.9 Å². The van der Waals surface area contributed by atoms with Crippen LogP contribution in [0.5, 0.6) is 0 Å². The first kappa shape index (κ1) is 17.5. The molecule has 2 aromatic carbocycles. The minimum Gasteiger partial charge on any atom is -0.419 e. The van der Waals surface area contributed by atoms with Crippen molar-refractivity contribution in [2.75, 3.05) is 43.4 Å². The van der Waals surface area contributed by atoms with Gasteiger partial charge in [-0.15, -0.1) is 10.2 Å². The largest absolute Gasteiger partial charge is 0.419 e. The van der Waals surface area contributed by atoms with Gasteiger partial charge >= 0.3 is 0 Å². The standard InChI is InChI=1S/C21H25N5O/c1-16-5-3-4-6-19(16)21-24-23-20(27-21)15-22-17-7-9-18(10-8-17)26-13-11-25(2)12-14-26/h3-10,22H,11-15H2,1-2H3. The van der Waals surface area contributed by atoms with Crippen molar-refractivity contribution < 1.29 is 4.42 Å². The fourth-order valence-electron chi connectivity index (χ4n) is 3.28. The third kappa shape index (κ3) is 4.11. The highest BCUT2D eigenvalue weighted by Crippen LogP contribution is 2.23. The molecule has 3 aromatic rings.